The van der Waals surface area contributed by atoms with Crippen molar-refractivity contribution < 1.29 is 56.8 Å². The van der Waals surface area contributed by atoms with Crippen LogP contribution in [0.2, 0.25) is 0 Å². The van der Waals surface area contributed by atoms with E-state index in [1.54, 1.807) is 0 Å². The van der Waals surface area contributed by atoms with Crippen molar-refractivity contribution in [3.63, 3.8) is 0 Å². The molecule has 0 aromatic carbocycles. The third-order valence-corrected chi connectivity index (χ3v) is 6.43. The van der Waals surface area contributed by atoms with Gasteiger partial charge in [0.05, 0.1) is 127 Å². The van der Waals surface area contributed by atoms with Crippen LogP contribution >= 0.6 is 0 Å². The molecule has 0 aromatic heterocycles. The molecule has 0 aromatic rings. The smallest absolute Gasteiger partial charge is 0.0787 e. The topological polar surface area (TPSA) is 111 Å². The standard InChI is InChI=1S/C13H28O3.2C12H26O3.C11H24O3/c1-11(2)9-14-7-8-15-10-12(3)16-13(4,5)6;1-11(2)10-14-7-6-13-8-9-15-12(3,4)5;1-6-7-13-8-9-14-10-11(2)15-12(3,4)5;1-5-6-12-7-8-13-9-10-14-11(2,3)4/h11-12H,7-10H2,1-6H3;2*11H,6-10H2,1-5H3;5-10H2,1-4H3. The van der Waals surface area contributed by atoms with Crippen LogP contribution in [0.15, 0.2) is 0 Å². The van der Waals surface area contributed by atoms with E-state index in [9.17, 15) is 0 Å². The second-order valence-electron chi connectivity index (χ2n) is 19.5. The summed E-state index contributed by atoms with van der Waals surface area (Å²) in [7, 11) is 0. The minimum atomic E-state index is -0.100. The van der Waals surface area contributed by atoms with E-state index in [1.165, 1.54) is 0 Å². The quantitative estimate of drug-likeness (QED) is 0.0600. The molecule has 0 aliphatic carbocycles. The number of hydrogen-bond donors (Lipinski definition) is 0. The van der Waals surface area contributed by atoms with Gasteiger partial charge in [-0.1, -0.05) is 41.5 Å². The molecule has 2 unspecified atom stereocenters. The van der Waals surface area contributed by atoms with Crippen LogP contribution in [0.4, 0.5) is 0 Å². The van der Waals surface area contributed by atoms with E-state index < -0.39 is 0 Å². The monoisotopic (exact) mass is 873 g/mol. The highest BCUT2D eigenvalue weighted by Gasteiger charge is 2.16. The number of hydrogen-bond acceptors (Lipinski definition) is 12. The van der Waals surface area contributed by atoms with Gasteiger partial charge in [-0.3, -0.25) is 0 Å². The summed E-state index contributed by atoms with van der Waals surface area (Å²) in [4.78, 5) is 0. The van der Waals surface area contributed by atoms with Crippen LogP contribution < -0.4 is 0 Å². The predicted octanol–water partition coefficient (Wildman–Crippen LogP) is 10.2. The van der Waals surface area contributed by atoms with Crippen molar-refractivity contribution >= 4 is 0 Å². The van der Waals surface area contributed by atoms with Crippen LogP contribution in [0.5, 0.6) is 0 Å². The van der Waals surface area contributed by atoms with E-state index in [4.69, 9.17) is 56.8 Å². The first-order valence-corrected chi connectivity index (χ1v) is 23.0. The molecule has 0 radical (unpaired) electrons. The van der Waals surface area contributed by atoms with Crippen molar-refractivity contribution in [3.05, 3.63) is 0 Å². The highest BCUT2D eigenvalue weighted by Crippen LogP contribution is 2.12. The maximum atomic E-state index is 5.72. The lowest BCUT2D eigenvalue weighted by Crippen LogP contribution is -2.29. The molecule has 0 heterocycles. The minimum Gasteiger partial charge on any atom is -0.379 e. The first-order valence-electron chi connectivity index (χ1n) is 23.0. The predicted molar refractivity (Wildman–Crippen MR) is 249 cm³/mol. The van der Waals surface area contributed by atoms with Gasteiger partial charge in [0, 0.05) is 26.4 Å². The minimum absolute atomic E-state index is 0.0674. The zero-order valence-corrected chi connectivity index (χ0v) is 43.4. The van der Waals surface area contributed by atoms with Crippen LogP contribution in [0.1, 0.15) is 151 Å². The van der Waals surface area contributed by atoms with Gasteiger partial charge in [0.25, 0.3) is 0 Å². The molecule has 0 saturated heterocycles. The zero-order chi connectivity index (χ0) is 46.9. The molecule has 0 bridgehead atoms. The van der Waals surface area contributed by atoms with E-state index >= 15 is 0 Å². The second-order valence-corrected chi connectivity index (χ2v) is 19.5. The first-order chi connectivity index (χ1) is 27.7. The van der Waals surface area contributed by atoms with Gasteiger partial charge in [0.2, 0.25) is 0 Å². The Labute approximate surface area is 372 Å². The van der Waals surface area contributed by atoms with Crippen LogP contribution in [0.3, 0.4) is 0 Å². The summed E-state index contributed by atoms with van der Waals surface area (Å²) in [5, 5.41) is 0. The lowest BCUT2D eigenvalue weighted by molar-refractivity contribution is -0.0890. The molecule has 0 rings (SSSR count). The third kappa shape index (κ3) is 74.9. The van der Waals surface area contributed by atoms with E-state index in [-0.39, 0.29) is 34.6 Å². The molecular weight excluding hydrogens is 769 g/mol. The molecule has 368 valence electrons. The fourth-order valence-corrected chi connectivity index (χ4v) is 4.39. The Bertz CT molecular complexity index is 829. The fraction of sp³-hybridized carbons (Fsp3) is 1.00. The average molecular weight is 873 g/mol. The molecule has 0 aliphatic heterocycles. The summed E-state index contributed by atoms with van der Waals surface area (Å²) in [5.74, 6) is 1.18. The lowest BCUT2D eigenvalue weighted by atomic mass is 10.2. The number of rotatable bonds is 32. The van der Waals surface area contributed by atoms with Gasteiger partial charge < -0.3 is 56.8 Å². The van der Waals surface area contributed by atoms with Gasteiger partial charge in [0.1, 0.15) is 0 Å². The summed E-state index contributed by atoms with van der Waals surface area (Å²) < 4.78 is 65.4. The van der Waals surface area contributed by atoms with Crippen molar-refractivity contribution in [2.45, 2.75) is 186 Å². The van der Waals surface area contributed by atoms with E-state index in [1.807, 2.05) is 76.2 Å². The molecule has 0 saturated carbocycles. The summed E-state index contributed by atoms with van der Waals surface area (Å²) in [5.41, 5.74) is -0.335. The Hall–Kier alpha value is -0.480. The normalized spacial score (nSPS) is 13.3. The second kappa shape index (κ2) is 42.5. The Kier molecular flexibility index (Phi) is 46.8. The first kappa shape index (κ1) is 66.1. The molecular formula is C48H104O12. The van der Waals surface area contributed by atoms with E-state index in [2.05, 4.69) is 62.3 Å². The van der Waals surface area contributed by atoms with Crippen molar-refractivity contribution in [2.75, 3.05) is 119 Å². The molecule has 0 fully saturated rings. The maximum absolute atomic E-state index is 5.72. The fourth-order valence-electron chi connectivity index (χ4n) is 4.39. The van der Waals surface area contributed by atoms with Crippen molar-refractivity contribution in [3.8, 4) is 0 Å². The maximum Gasteiger partial charge on any atom is 0.0787 e. The van der Waals surface area contributed by atoms with Crippen molar-refractivity contribution in [2.24, 2.45) is 11.8 Å². The summed E-state index contributed by atoms with van der Waals surface area (Å²) in [6.07, 6.45) is 2.39. The van der Waals surface area contributed by atoms with Crippen LogP contribution in [-0.4, -0.2) is 154 Å². The van der Waals surface area contributed by atoms with Gasteiger partial charge in [-0.15, -0.1) is 0 Å². The Balaban J connectivity index is -0.000000349. The van der Waals surface area contributed by atoms with Gasteiger partial charge in [-0.2, -0.15) is 0 Å². The molecule has 0 aliphatic rings. The summed E-state index contributed by atoms with van der Waals surface area (Å²) in [6.45, 7) is 53.7. The van der Waals surface area contributed by atoms with Gasteiger partial charge >= 0.3 is 0 Å². The van der Waals surface area contributed by atoms with Crippen LogP contribution in [0, 0.1) is 11.8 Å². The van der Waals surface area contributed by atoms with Crippen LogP contribution in [0.25, 0.3) is 0 Å². The molecule has 2 atom stereocenters. The SMILES string of the molecule is CC(C)COCCOCC(C)OC(C)(C)C.CC(C)COCCOCCOC(C)(C)C.CCCOCCOCC(C)OC(C)(C)C.CCCOCCOCCOC(C)(C)C. The van der Waals surface area contributed by atoms with Gasteiger partial charge in [0.15, 0.2) is 0 Å². The molecule has 12 heteroatoms. The molecule has 0 amide bonds. The van der Waals surface area contributed by atoms with Crippen molar-refractivity contribution in [1.29, 1.82) is 0 Å². The highest BCUT2D eigenvalue weighted by atomic mass is 16.6. The van der Waals surface area contributed by atoms with E-state index in [0.29, 0.717) is 104 Å². The molecule has 60 heavy (non-hydrogen) atoms. The highest BCUT2D eigenvalue weighted by molar-refractivity contribution is 4.63. The molecule has 0 N–H and O–H groups in total. The molecule has 0 spiro atoms. The average Bonchev–Trinajstić information content (AvgIpc) is 3.08. The summed E-state index contributed by atoms with van der Waals surface area (Å²) >= 11 is 0. The van der Waals surface area contributed by atoms with E-state index in [0.717, 1.165) is 39.3 Å². The largest absolute Gasteiger partial charge is 0.379 e. The Morgan fingerprint density at radius 1 is 0.283 bits per heavy atom. The summed E-state index contributed by atoms with van der Waals surface area (Å²) in [6, 6.07) is 0. The number of ether oxygens (including phenoxy) is 12. The van der Waals surface area contributed by atoms with Gasteiger partial charge in [-0.25, -0.2) is 0 Å². The van der Waals surface area contributed by atoms with Gasteiger partial charge in [-0.05, 0) is 122 Å². The Morgan fingerprint density at radius 3 is 0.750 bits per heavy atom. The third-order valence-electron chi connectivity index (χ3n) is 6.43. The van der Waals surface area contributed by atoms with Crippen molar-refractivity contribution in [1.82, 2.24) is 0 Å². The Morgan fingerprint density at radius 2 is 0.517 bits per heavy atom. The zero-order valence-electron chi connectivity index (χ0n) is 43.4. The lowest BCUT2D eigenvalue weighted by Gasteiger charge is -2.24. The molecule has 12 nitrogen and oxygen atoms in total. The van der Waals surface area contributed by atoms with Crippen LogP contribution in [-0.2, 0) is 56.8 Å².